The van der Waals surface area contributed by atoms with Crippen LogP contribution in [0.1, 0.15) is 125 Å². The molecule has 1 aromatic rings. The minimum atomic E-state index is -0.725. The molecule has 0 radical (unpaired) electrons. The number of hydrogen-bond donors (Lipinski definition) is 2. The number of nitrogens with one attached hydrogen (secondary N) is 1. The first kappa shape index (κ1) is 36.4. The number of primary amides is 1. The molecular formula is C29H52N2O6. The standard InChI is InChI=1S/C22H35NO4.C5H11NO2.C2H6/c1-15(2)18-11-10-12-19(16(3)4)21(18)27-20(24)13-8-7-9-14-23-22(25)26-17(5)6;1-5(2,3)8-4(6)7;1-2/h10-12,15-17H,7-9,13-14H2,1-6H3,(H,23,25);1-3H3,(H2,6,7);1-2H3. The molecule has 2 amide bonds. The number of rotatable bonds is 10. The molecule has 37 heavy (non-hydrogen) atoms. The summed E-state index contributed by atoms with van der Waals surface area (Å²) in [4.78, 5) is 33.7. The van der Waals surface area contributed by atoms with Crippen molar-refractivity contribution in [1.29, 1.82) is 0 Å². The zero-order valence-corrected chi connectivity index (χ0v) is 25.0. The molecule has 0 saturated heterocycles. The van der Waals surface area contributed by atoms with Crippen LogP contribution < -0.4 is 15.8 Å². The largest absolute Gasteiger partial charge is 0.447 e. The molecular weight excluding hydrogens is 472 g/mol. The van der Waals surface area contributed by atoms with Crippen molar-refractivity contribution in [2.24, 2.45) is 5.73 Å². The Morgan fingerprint density at radius 3 is 1.78 bits per heavy atom. The van der Waals surface area contributed by atoms with Gasteiger partial charge in [0.25, 0.3) is 0 Å². The van der Waals surface area contributed by atoms with E-state index in [0.717, 1.165) is 36.1 Å². The SMILES string of the molecule is CC.CC(C)(C)OC(N)=O.CC(C)OC(=O)NCCCCCC(=O)Oc1c(C(C)C)cccc1C(C)C. The first-order chi connectivity index (χ1) is 17.1. The summed E-state index contributed by atoms with van der Waals surface area (Å²) in [7, 11) is 0. The lowest BCUT2D eigenvalue weighted by Gasteiger charge is -2.18. The molecule has 214 valence electrons. The van der Waals surface area contributed by atoms with Gasteiger partial charge in [0.05, 0.1) is 6.10 Å². The summed E-state index contributed by atoms with van der Waals surface area (Å²) in [6, 6.07) is 6.08. The van der Waals surface area contributed by atoms with Crippen molar-refractivity contribution >= 4 is 18.2 Å². The van der Waals surface area contributed by atoms with Crippen LogP contribution in [0.15, 0.2) is 18.2 Å². The number of carbonyl (C=O) groups excluding carboxylic acids is 3. The van der Waals surface area contributed by atoms with Gasteiger partial charge in [0.15, 0.2) is 0 Å². The van der Waals surface area contributed by atoms with E-state index < -0.39 is 17.8 Å². The van der Waals surface area contributed by atoms with E-state index in [4.69, 9.17) is 15.2 Å². The minimum absolute atomic E-state index is 0.121. The van der Waals surface area contributed by atoms with E-state index in [1.165, 1.54) is 0 Å². The molecule has 0 aromatic heterocycles. The molecule has 1 rings (SSSR count). The number of benzene rings is 1. The van der Waals surface area contributed by atoms with Gasteiger partial charge in [-0.15, -0.1) is 0 Å². The minimum Gasteiger partial charge on any atom is -0.447 e. The predicted octanol–water partition coefficient (Wildman–Crippen LogP) is 7.44. The molecule has 0 aliphatic carbocycles. The van der Waals surface area contributed by atoms with Crippen LogP contribution in [0, 0.1) is 0 Å². The third-order valence-corrected chi connectivity index (χ3v) is 4.61. The van der Waals surface area contributed by atoms with Crippen LogP contribution in [0.3, 0.4) is 0 Å². The van der Waals surface area contributed by atoms with Crippen molar-refractivity contribution in [3.63, 3.8) is 0 Å². The smallest absolute Gasteiger partial charge is 0.407 e. The number of unbranched alkanes of at least 4 members (excludes halogenated alkanes) is 2. The van der Waals surface area contributed by atoms with Crippen LogP contribution in [0.2, 0.25) is 0 Å². The quantitative estimate of drug-likeness (QED) is 0.187. The Morgan fingerprint density at radius 2 is 1.41 bits per heavy atom. The molecule has 0 aliphatic rings. The summed E-state index contributed by atoms with van der Waals surface area (Å²) >= 11 is 0. The summed E-state index contributed by atoms with van der Waals surface area (Å²) in [5, 5.41) is 2.70. The number of hydrogen-bond acceptors (Lipinski definition) is 6. The van der Waals surface area contributed by atoms with Gasteiger partial charge in [-0.2, -0.15) is 0 Å². The summed E-state index contributed by atoms with van der Waals surface area (Å²) in [6.07, 6.45) is 1.53. The van der Waals surface area contributed by atoms with E-state index in [0.29, 0.717) is 24.8 Å². The first-order valence-corrected chi connectivity index (χ1v) is 13.4. The zero-order valence-electron chi connectivity index (χ0n) is 25.0. The Kier molecular flexibility index (Phi) is 19.0. The van der Waals surface area contributed by atoms with Gasteiger partial charge in [-0.25, -0.2) is 9.59 Å². The number of alkyl carbamates (subject to hydrolysis) is 1. The molecule has 0 heterocycles. The molecule has 0 aliphatic heterocycles. The van der Waals surface area contributed by atoms with Gasteiger partial charge in [-0.05, 0) is 70.4 Å². The van der Waals surface area contributed by atoms with Gasteiger partial charge in [0, 0.05) is 13.0 Å². The molecule has 0 saturated carbocycles. The van der Waals surface area contributed by atoms with Gasteiger partial charge in [0.1, 0.15) is 11.4 Å². The maximum absolute atomic E-state index is 12.3. The molecule has 8 heteroatoms. The Bertz CT molecular complexity index is 772. The lowest BCUT2D eigenvalue weighted by Crippen LogP contribution is -2.27. The average Bonchev–Trinajstić information content (AvgIpc) is 2.75. The summed E-state index contributed by atoms with van der Waals surface area (Å²) in [5.74, 6) is 1.12. The number of esters is 1. The highest BCUT2D eigenvalue weighted by atomic mass is 16.6. The van der Waals surface area contributed by atoms with E-state index in [9.17, 15) is 14.4 Å². The molecule has 3 N–H and O–H groups in total. The van der Waals surface area contributed by atoms with Crippen molar-refractivity contribution in [3.8, 4) is 5.75 Å². The maximum atomic E-state index is 12.3. The number of carbonyl (C=O) groups is 3. The van der Waals surface area contributed by atoms with Crippen LogP contribution in [0.4, 0.5) is 9.59 Å². The van der Waals surface area contributed by atoms with Gasteiger partial charge >= 0.3 is 18.2 Å². The van der Waals surface area contributed by atoms with Gasteiger partial charge in [-0.3, -0.25) is 4.79 Å². The van der Waals surface area contributed by atoms with Crippen molar-refractivity contribution in [2.75, 3.05) is 6.54 Å². The second-order valence-corrected chi connectivity index (χ2v) is 10.3. The van der Waals surface area contributed by atoms with Crippen LogP contribution in [0.25, 0.3) is 0 Å². The molecule has 0 fully saturated rings. The van der Waals surface area contributed by atoms with E-state index >= 15 is 0 Å². The van der Waals surface area contributed by atoms with E-state index in [-0.39, 0.29) is 12.1 Å². The fourth-order valence-electron chi connectivity index (χ4n) is 3.08. The zero-order chi connectivity index (χ0) is 29.2. The van der Waals surface area contributed by atoms with Crippen LogP contribution in [-0.4, -0.2) is 36.4 Å². The topological polar surface area (TPSA) is 117 Å². The highest BCUT2D eigenvalue weighted by Crippen LogP contribution is 2.34. The van der Waals surface area contributed by atoms with Crippen molar-refractivity contribution < 1.29 is 28.6 Å². The average molecular weight is 525 g/mol. The number of para-hydroxylation sites is 1. The number of nitrogens with two attached hydrogens (primary N) is 1. The second kappa shape index (κ2) is 19.4. The maximum Gasteiger partial charge on any atom is 0.407 e. The Labute approximate surface area is 225 Å². The second-order valence-electron chi connectivity index (χ2n) is 10.3. The highest BCUT2D eigenvalue weighted by molar-refractivity contribution is 5.73. The molecule has 8 nitrogen and oxygen atoms in total. The lowest BCUT2D eigenvalue weighted by molar-refractivity contribution is -0.134. The molecule has 0 spiro atoms. The molecule has 0 bridgehead atoms. The molecule has 0 unspecified atom stereocenters. The van der Waals surface area contributed by atoms with Gasteiger partial charge in [0.2, 0.25) is 0 Å². The van der Waals surface area contributed by atoms with E-state index in [1.54, 1.807) is 20.8 Å². The fourth-order valence-corrected chi connectivity index (χ4v) is 3.08. The Morgan fingerprint density at radius 1 is 0.892 bits per heavy atom. The third kappa shape index (κ3) is 19.1. The molecule has 0 atom stereocenters. The first-order valence-electron chi connectivity index (χ1n) is 13.4. The van der Waals surface area contributed by atoms with Crippen LogP contribution >= 0.6 is 0 Å². The third-order valence-electron chi connectivity index (χ3n) is 4.61. The Hall–Kier alpha value is -2.77. The summed E-state index contributed by atoms with van der Waals surface area (Å²) in [5.41, 5.74) is 6.41. The Balaban J connectivity index is 0. The monoisotopic (exact) mass is 524 g/mol. The van der Waals surface area contributed by atoms with Crippen molar-refractivity contribution in [2.45, 2.75) is 125 Å². The van der Waals surface area contributed by atoms with Crippen LogP contribution in [-0.2, 0) is 14.3 Å². The highest BCUT2D eigenvalue weighted by Gasteiger charge is 2.18. The van der Waals surface area contributed by atoms with E-state index in [2.05, 4.69) is 37.7 Å². The predicted molar refractivity (Wildman–Crippen MR) is 150 cm³/mol. The van der Waals surface area contributed by atoms with Crippen molar-refractivity contribution in [1.82, 2.24) is 5.32 Å². The summed E-state index contributed by atoms with van der Waals surface area (Å²) < 4.78 is 15.3. The van der Waals surface area contributed by atoms with Crippen molar-refractivity contribution in [3.05, 3.63) is 29.3 Å². The van der Waals surface area contributed by atoms with Gasteiger partial charge < -0.3 is 25.3 Å². The molecule has 1 aromatic carbocycles. The van der Waals surface area contributed by atoms with Crippen LogP contribution in [0.5, 0.6) is 5.75 Å². The lowest BCUT2D eigenvalue weighted by atomic mass is 9.94. The fraction of sp³-hybridized carbons (Fsp3) is 0.690. The number of amides is 2. The number of ether oxygens (including phenoxy) is 3. The van der Waals surface area contributed by atoms with Gasteiger partial charge in [-0.1, -0.05) is 66.2 Å². The summed E-state index contributed by atoms with van der Waals surface area (Å²) in [6.45, 7) is 21.9. The normalized spacial score (nSPS) is 10.6. The van der Waals surface area contributed by atoms with E-state index in [1.807, 2.05) is 45.9 Å².